The molecule has 1 N–H and O–H groups in total. The fraction of sp³-hybridized carbons (Fsp3) is 0.500. The summed E-state index contributed by atoms with van der Waals surface area (Å²) in [6.07, 6.45) is 3.51. The van der Waals surface area contributed by atoms with Gasteiger partial charge in [0.2, 0.25) is 5.91 Å². The first-order valence-electron chi connectivity index (χ1n) is 6.05. The summed E-state index contributed by atoms with van der Waals surface area (Å²) in [4.78, 5) is 11.0. The smallest absolute Gasteiger partial charge is 0.216 e. The van der Waals surface area contributed by atoms with Gasteiger partial charge in [-0.1, -0.05) is 18.6 Å². The molecule has 1 aromatic carbocycles. The maximum absolute atomic E-state index is 11.0. The zero-order chi connectivity index (χ0) is 12.3. The largest absolute Gasteiger partial charge is 0.497 e. The number of rotatable bonds is 4. The lowest BCUT2D eigenvalue weighted by Gasteiger charge is -2.42. The molecule has 1 amide bonds. The van der Waals surface area contributed by atoms with Gasteiger partial charge in [0.1, 0.15) is 5.75 Å². The van der Waals surface area contributed by atoms with E-state index in [9.17, 15) is 4.79 Å². The van der Waals surface area contributed by atoms with Gasteiger partial charge in [-0.25, -0.2) is 0 Å². The van der Waals surface area contributed by atoms with E-state index < -0.39 is 0 Å². The van der Waals surface area contributed by atoms with Gasteiger partial charge in [0.25, 0.3) is 0 Å². The van der Waals surface area contributed by atoms with Gasteiger partial charge in [0, 0.05) is 18.9 Å². The highest BCUT2D eigenvalue weighted by Crippen LogP contribution is 2.43. The van der Waals surface area contributed by atoms with Crippen molar-refractivity contribution in [3.63, 3.8) is 0 Å². The van der Waals surface area contributed by atoms with Gasteiger partial charge in [-0.05, 0) is 30.5 Å². The predicted molar refractivity (Wildman–Crippen MR) is 67.2 cm³/mol. The number of benzene rings is 1. The van der Waals surface area contributed by atoms with Crippen LogP contribution in [0, 0.1) is 0 Å². The van der Waals surface area contributed by atoms with E-state index in [2.05, 4.69) is 17.4 Å². The van der Waals surface area contributed by atoms with Crippen molar-refractivity contribution in [1.82, 2.24) is 5.32 Å². The van der Waals surface area contributed by atoms with E-state index in [0.29, 0.717) is 0 Å². The van der Waals surface area contributed by atoms with Crippen molar-refractivity contribution in [2.45, 2.75) is 31.6 Å². The molecule has 3 nitrogen and oxygen atoms in total. The molecule has 17 heavy (non-hydrogen) atoms. The van der Waals surface area contributed by atoms with Crippen LogP contribution in [0.15, 0.2) is 24.3 Å². The van der Waals surface area contributed by atoms with Crippen molar-refractivity contribution >= 4 is 5.91 Å². The van der Waals surface area contributed by atoms with E-state index in [1.807, 2.05) is 12.1 Å². The van der Waals surface area contributed by atoms with E-state index in [0.717, 1.165) is 25.1 Å². The third-order valence-corrected chi connectivity index (χ3v) is 3.67. The molecule has 1 fully saturated rings. The van der Waals surface area contributed by atoms with Gasteiger partial charge in [0.15, 0.2) is 0 Å². The Morgan fingerprint density at radius 2 is 2.24 bits per heavy atom. The Kier molecular flexibility index (Phi) is 3.36. The van der Waals surface area contributed by atoms with Crippen molar-refractivity contribution < 1.29 is 9.53 Å². The summed E-state index contributed by atoms with van der Waals surface area (Å²) in [5, 5.41) is 2.94. The van der Waals surface area contributed by atoms with Crippen LogP contribution in [0.1, 0.15) is 31.7 Å². The highest BCUT2D eigenvalue weighted by Gasteiger charge is 2.38. The predicted octanol–water partition coefficient (Wildman–Crippen LogP) is 2.25. The third-order valence-electron chi connectivity index (χ3n) is 3.67. The minimum absolute atomic E-state index is 0.0409. The highest BCUT2D eigenvalue weighted by molar-refractivity contribution is 5.73. The van der Waals surface area contributed by atoms with Crippen LogP contribution in [0.25, 0.3) is 0 Å². The normalized spacial score (nSPS) is 17.1. The Morgan fingerprint density at radius 1 is 1.47 bits per heavy atom. The van der Waals surface area contributed by atoms with Crippen molar-refractivity contribution in [1.29, 1.82) is 0 Å². The van der Waals surface area contributed by atoms with Crippen LogP contribution in [0.3, 0.4) is 0 Å². The number of nitrogens with one attached hydrogen (secondary N) is 1. The number of hydrogen-bond acceptors (Lipinski definition) is 2. The molecule has 0 bridgehead atoms. The molecule has 0 saturated heterocycles. The number of carbonyl (C=O) groups excluding carboxylic acids is 1. The Bertz CT molecular complexity index is 410. The summed E-state index contributed by atoms with van der Waals surface area (Å²) in [5.41, 5.74) is 1.40. The zero-order valence-electron chi connectivity index (χ0n) is 10.5. The van der Waals surface area contributed by atoms with E-state index in [1.165, 1.54) is 12.0 Å². The van der Waals surface area contributed by atoms with Crippen LogP contribution in [0.2, 0.25) is 0 Å². The minimum Gasteiger partial charge on any atom is -0.497 e. The van der Waals surface area contributed by atoms with Crippen molar-refractivity contribution in [3.05, 3.63) is 29.8 Å². The van der Waals surface area contributed by atoms with E-state index in [-0.39, 0.29) is 11.3 Å². The second-order valence-corrected chi connectivity index (χ2v) is 4.78. The Hall–Kier alpha value is -1.51. The monoisotopic (exact) mass is 233 g/mol. The molecular weight excluding hydrogens is 214 g/mol. The molecule has 1 aromatic rings. The van der Waals surface area contributed by atoms with E-state index >= 15 is 0 Å². The van der Waals surface area contributed by atoms with Gasteiger partial charge in [0.05, 0.1) is 7.11 Å². The molecule has 2 rings (SSSR count). The summed E-state index contributed by atoms with van der Waals surface area (Å²) in [5.74, 6) is 0.927. The molecule has 0 aromatic heterocycles. The lowest BCUT2D eigenvalue weighted by molar-refractivity contribution is -0.119. The molecule has 1 aliphatic rings. The topological polar surface area (TPSA) is 38.3 Å². The number of carbonyl (C=O) groups is 1. The van der Waals surface area contributed by atoms with Crippen LogP contribution < -0.4 is 10.1 Å². The summed E-state index contributed by atoms with van der Waals surface area (Å²) in [7, 11) is 1.68. The van der Waals surface area contributed by atoms with Gasteiger partial charge in [-0.3, -0.25) is 4.79 Å². The second kappa shape index (κ2) is 4.78. The molecule has 0 heterocycles. The summed E-state index contributed by atoms with van der Waals surface area (Å²) in [6.45, 7) is 2.30. The van der Waals surface area contributed by atoms with Crippen molar-refractivity contribution in [2.75, 3.05) is 13.7 Å². The van der Waals surface area contributed by atoms with Gasteiger partial charge < -0.3 is 10.1 Å². The lowest BCUT2D eigenvalue weighted by atomic mass is 9.64. The number of hydrogen-bond donors (Lipinski definition) is 1. The molecule has 3 heteroatoms. The Labute approximate surface area is 102 Å². The highest BCUT2D eigenvalue weighted by atomic mass is 16.5. The van der Waals surface area contributed by atoms with Crippen LogP contribution >= 0.6 is 0 Å². The Balaban J connectivity index is 2.18. The molecule has 1 saturated carbocycles. The van der Waals surface area contributed by atoms with Crippen LogP contribution in [0.4, 0.5) is 0 Å². The third kappa shape index (κ3) is 2.43. The SMILES string of the molecule is COc1cccc(C2(CNC(C)=O)CCC2)c1. The summed E-state index contributed by atoms with van der Waals surface area (Å²) in [6, 6.07) is 8.18. The van der Waals surface area contributed by atoms with Crippen LogP contribution in [-0.2, 0) is 10.2 Å². The molecule has 0 spiro atoms. The fourth-order valence-electron chi connectivity index (χ4n) is 2.42. The number of amides is 1. The van der Waals surface area contributed by atoms with Gasteiger partial charge >= 0.3 is 0 Å². The van der Waals surface area contributed by atoms with Crippen LogP contribution in [0.5, 0.6) is 5.75 Å². The average molecular weight is 233 g/mol. The number of ether oxygens (including phenoxy) is 1. The first kappa shape index (κ1) is 12.0. The van der Waals surface area contributed by atoms with Gasteiger partial charge in [-0.2, -0.15) is 0 Å². The molecule has 0 atom stereocenters. The number of methoxy groups -OCH3 is 1. The first-order valence-corrected chi connectivity index (χ1v) is 6.05. The van der Waals surface area contributed by atoms with Crippen LogP contribution in [-0.4, -0.2) is 19.6 Å². The molecule has 0 unspecified atom stereocenters. The van der Waals surface area contributed by atoms with E-state index in [4.69, 9.17) is 4.74 Å². The minimum atomic E-state index is 0.0409. The Morgan fingerprint density at radius 3 is 2.76 bits per heavy atom. The second-order valence-electron chi connectivity index (χ2n) is 4.78. The average Bonchev–Trinajstić information content (AvgIpc) is 2.27. The van der Waals surface area contributed by atoms with Gasteiger partial charge in [-0.15, -0.1) is 0 Å². The fourth-order valence-corrected chi connectivity index (χ4v) is 2.42. The molecule has 1 aliphatic carbocycles. The standard InChI is InChI=1S/C14H19NO2/c1-11(16)15-10-14(7-4-8-14)12-5-3-6-13(9-12)17-2/h3,5-6,9H,4,7-8,10H2,1-2H3,(H,15,16). The lowest BCUT2D eigenvalue weighted by Crippen LogP contribution is -2.45. The summed E-state index contributed by atoms with van der Waals surface area (Å²) < 4.78 is 5.26. The quantitative estimate of drug-likeness (QED) is 0.866. The summed E-state index contributed by atoms with van der Waals surface area (Å²) >= 11 is 0. The molecule has 0 aliphatic heterocycles. The molecule has 0 radical (unpaired) electrons. The molecule has 92 valence electrons. The van der Waals surface area contributed by atoms with Crippen molar-refractivity contribution in [3.8, 4) is 5.75 Å². The zero-order valence-corrected chi connectivity index (χ0v) is 10.5. The van der Waals surface area contributed by atoms with Crippen molar-refractivity contribution in [2.24, 2.45) is 0 Å². The molecular formula is C14H19NO2. The maximum atomic E-state index is 11.0. The first-order chi connectivity index (χ1) is 8.16. The maximum Gasteiger partial charge on any atom is 0.216 e. The van der Waals surface area contributed by atoms with E-state index in [1.54, 1.807) is 14.0 Å².